The molecule has 6 heteroatoms. The van der Waals surface area contributed by atoms with Gasteiger partial charge in [0.2, 0.25) is 5.91 Å². The normalized spacial score (nSPS) is 14.7. The minimum absolute atomic E-state index is 0.488. The average Bonchev–Trinajstić information content (AvgIpc) is 2.39. The molecule has 0 aliphatic heterocycles. The molecule has 2 unspecified atom stereocenters. The number of nitrogens with two attached hydrogens (primary N) is 1. The van der Waals surface area contributed by atoms with Crippen LogP contribution in [-0.4, -0.2) is 24.8 Å². The lowest BCUT2D eigenvalue weighted by Crippen LogP contribution is -2.37. The molecule has 3 N–H and O–H groups in total. The van der Waals surface area contributed by atoms with Crippen molar-refractivity contribution in [2.75, 3.05) is 11.1 Å². The van der Waals surface area contributed by atoms with Crippen LogP contribution in [-0.2, 0) is 14.6 Å². The van der Waals surface area contributed by atoms with E-state index in [-0.39, 0.29) is 0 Å². The Morgan fingerprint density at radius 2 is 1.79 bits per heavy atom. The Kier molecular flexibility index (Phi) is 4.94. The third kappa shape index (κ3) is 3.70. The number of carbonyl (C=O) groups is 1. The largest absolute Gasteiger partial charge is 0.399 e. The number of anilines is 2. The Bertz CT molecular complexity index is 538. The van der Waals surface area contributed by atoms with Gasteiger partial charge in [-0.25, -0.2) is 8.42 Å². The van der Waals surface area contributed by atoms with Crippen LogP contribution < -0.4 is 11.1 Å². The number of benzene rings is 1. The smallest absolute Gasteiger partial charge is 0.242 e. The highest BCUT2D eigenvalue weighted by atomic mass is 32.2. The Hall–Kier alpha value is -1.56. The molecule has 0 spiro atoms. The van der Waals surface area contributed by atoms with Crippen molar-refractivity contribution in [2.45, 2.75) is 37.7 Å². The molecule has 5 nitrogen and oxygen atoms in total. The van der Waals surface area contributed by atoms with E-state index in [1.54, 1.807) is 38.1 Å². The summed E-state index contributed by atoms with van der Waals surface area (Å²) in [5.74, 6) is -0.523. The lowest BCUT2D eigenvalue weighted by molar-refractivity contribution is -0.115. The number of nitrogen functional groups attached to an aromatic ring is 1. The third-order valence-corrected chi connectivity index (χ3v) is 5.83. The van der Waals surface area contributed by atoms with Gasteiger partial charge in [0, 0.05) is 11.4 Å². The first-order valence-electron chi connectivity index (χ1n) is 6.18. The molecule has 1 aromatic carbocycles. The first kappa shape index (κ1) is 15.5. The summed E-state index contributed by atoms with van der Waals surface area (Å²) in [6, 6.07) is 6.55. The molecule has 1 aromatic rings. The lowest BCUT2D eigenvalue weighted by Gasteiger charge is -2.17. The van der Waals surface area contributed by atoms with Crippen LogP contribution in [0.2, 0.25) is 0 Å². The Balaban J connectivity index is 2.81. The number of hydrogen-bond donors (Lipinski definition) is 2. The predicted octanol–water partition coefficient (Wildman–Crippen LogP) is 1.81. The van der Waals surface area contributed by atoms with Gasteiger partial charge in [0.05, 0.1) is 5.25 Å². The van der Waals surface area contributed by atoms with Gasteiger partial charge < -0.3 is 11.1 Å². The van der Waals surface area contributed by atoms with Crippen LogP contribution in [0.1, 0.15) is 27.2 Å². The fourth-order valence-corrected chi connectivity index (χ4v) is 3.06. The summed E-state index contributed by atoms with van der Waals surface area (Å²) in [5, 5.41) is 0.983. The lowest BCUT2D eigenvalue weighted by atomic mass is 10.3. The van der Waals surface area contributed by atoms with Gasteiger partial charge in [-0.05, 0) is 44.5 Å². The van der Waals surface area contributed by atoms with Crippen LogP contribution in [0.3, 0.4) is 0 Å². The Morgan fingerprint density at radius 1 is 1.26 bits per heavy atom. The van der Waals surface area contributed by atoms with Crippen molar-refractivity contribution in [1.29, 1.82) is 0 Å². The monoisotopic (exact) mass is 284 g/mol. The van der Waals surface area contributed by atoms with E-state index in [0.29, 0.717) is 17.8 Å². The van der Waals surface area contributed by atoms with E-state index in [0.717, 1.165) is 0 Å². The second-order valence-corrected chi connectivity index (χ2v) is 7.25. The van der Waals surface area contributed by atoms with Crippen molar-refractivity contribution in [1.82, 2.24) is 0 Å². The van der Waals surface area contributed by atoms with Crippen molar-refractivity contribution in [3.8, 4) is 0 Å². The number of nitrogens with one attached hydrogen (secondary N) is 1. The van der Waals surface area contributed by atoms with Gasteiger partial charge >= 0.3 is 0 Å². The van der Waals surface area contributed by atoms with Crippen molar-refractivity contribution in [3.05, 3.63) is 24.3 Å². The summed E-state index contributed by atoms with van der Waals surface area (Å²) in [5.41, 5.74) is 6.65. The summed E-state index contributed by atoms with van der Waals surface area (Å²) in [6.45, 7) is 4.81. The molecule has 1 amide bonds. The molecule has 106 valence electrons. The van der Waals surface area contributed by atoms with Crippen LogP contribution in [0.15, 0.2) is 24.3 Å². The van der Waals surface area contributed by atoms with Gasteiger partial charge in [0.25, 0.3) is 0 Å². The summed E-state index contributed by atoms with van der Waals surface area (Å²) < 4.78 is 24.1. The van der Waals surface area contributed by atoms with E-state index < -0.39 is 26.2 Å². The molecule has 0 saturated heterocycles. The maximum atomic E-state index is 12.1. The van der Waals surface area contributed by atoms with Crippen LogP contribution in [0.25, 0.3) is 0 Å². The number of sulfone groups is 1. The van der Waals surface area contributed by atoms with E-state index in [1.807, 2.05) is 0 Å². The highest BCUT2D eigenvalue weighted by Crippen LogP contribution is 2.16. The zero-order valence-electron chi connectivity index (χ0n) is 11.4. The van der Waals surface area contributed by atoms with Gasteiger partial charge in [0.15, 0.2) is 9.84 Å². The average molecular weight is 284 g/mol. The first-order chi connectivity index (χ1) is 8.78. The molecular weight excluding hydrogens is 264 g/mol. The van der Waals surface area contributed by atoms with Crippen molar-refractivity contribution in [3.63, 3.8) is 0 Å². The van der Waals surface area contributed by atoms with E-state index in [9.17, 15) is 13.2 Å². The van der Waals surface area contributed by atoms with Gasteiger partial charge in [-0.2, -0.15) is 0 Å². The topological polar surface area (TPSA) is 89.3 Å². The van der Waals surface area contributed by atoms with E-state index >= 15 is 0 Å². The first-order valence-corrected chi connectivity index (χ1v) is 7.79. The van der Waals surface area contributed by atoms with Gasteiger partial charge in [-0.3, -0.25) is 4.79 Å². The van der Waals surface area contributed by atoms with E-state index in [4.69, 9.17) is 5.73 Å². The zero-order valence-corrected chi connectivity index (χ0v) is 12.2. The summed E-state index contributed by atoms with van der Waals surface area (Å²) in [4.78, 5) is 11.9. The summed E-state index contributed by atoms with van der Waals surface area (Å²) >= 11 is 0. The molecule has 0 aromatic heterocycles. The van der Waals surface area contributed by atoms with Gasteiger partial charge in [0.1, 0.15) is 5.25 Å². The quantitative estimate of drug-likeness (QED) is 0.807. The molecule has 1 rings (SSSR count). The SMILES string of the molecule is CCC(C)S(=O)(=O)C(C)C(=O)Nc1ccc(N)cc1. The highest BCUT2D eigenvalue weighted by Gasteiger charge is 2.32. The predicted molar refractivity (Wildman–Crippen MR) is 77.6 cm³/mol. The minimum Gasteiger partial charge on any atom is -0.399 e. The molecule has 0 aliphatic carbocycles. The van der Waals surface area contributed by atoms with Crippen molar-refractivity contribution < 1.29 is 13.2 Å². The molecule has 0 radical (unpaired) electrons. The molecule has 0 bridgehead atoms. The van der Waals surface area contributed by atoms with Crippen LogP contribution >= 0.6 is 0 Å². The third-order valence-electron chi connectivity index (χ3n) is 3.18. The summed E-state index contributed by atoms with van der Waals surface area (Å²) in [6.07, 6.45) is 0.488. The standard InChI is InChI=1S/C13H20N2O3S/c1-4-9(2)19(17,18)10(3)13(16)15-12-7-5-11(14)6-8-12/h5-10H,4,14H2,1-3H3,(H,15,16). The van der Waals surface area contributed by atoms with Crippen LogP contribution in [0.4, 0.5) is 11.4 Å². The van der Waals surface area contributed by atoms with E-state index in [2.05, 4.69) is 5.32 Å². The van der Waals surface area contributed by atoms with E-state index in [1.165, 1.54) is 6.92 Å². The molecule has 2 atom stereocenters. The van der Waals surface area contributed by atoms with Gasteiger partial charge in [-0.15, -0.1) is 0 Å². The molecule has 19 heavy (non-hydrogen) atoms. The molecule has 0 saturated carbocycles. The number of hydrogen-bond acceptors (Lipinski definition) is 4. The molecule has 0 aliphatic rings. The fraction of sp³-hybridized carbons (Fsp3) is 0.462. The van der Waals surface area contributed by atoms with Gasteiger partial charge in [-0.1, -0.05) is 6.92 Å². The van der Waals surface area contributed by atoms with Crippen LogP contribution in [0.5, 0.6) is 0 Å². The maximum Gasteiger partial charge on any atom is 0.242 e. The second-order valence-electron chi connectivity index (χ2n) is 4.56. The van der Waals surface area contributed by atoms with Crippen LogP contribution in [0, 0.1) is 0 Å². The summed E-state index contributed by atoms with van der Waals surface area (Å²) in [7, 11) is -3.45. The zero-order chi connectivity index (χ0) is 14.6. The molecule has 0 heterocycles. The highest BCUT2D eigenvalue weighted by molar-refractivity contribution is 7.93. The number of amides is 1. The van der Waals surface area contributed by atoms with Crippen molar-refractivity contribution in [2.24, 2.45) is 0 Å². The number of carbonyl (C=O) groups excluding carboxylic acids is 1. The second kappa shape index (κ2) is 6.06. The molecular formula is C13H20N2O3S. The minimum atomic E-state index is -3.45. The maximum absolute atomic E-state index is 12.1. The Morgan fingerprint density at radius 3 is 2.26 bits per heavy atom. The van der Waals surface area contributed by atoms with Crippen molar-refractivity contribution >= 4 is 27.1 Å². The Labute approximate surface area is 114 Å². The fourth-order valence-electron chi connectivity index (χ4n) is 1.54. The number of rotatable bonds is 5. The molecule has 0 fully saturated rings.